The second kappa shape index (κ2) is 9.83. The van der Waals surface area contributed by atoms with Crippen LogP contribution in [0.15, 0.2) is 67.1 Å². The number of nitrogens with zero attached hydrogens (tertiary/aromatic N) is 2. The smallest absolute Gasteiger partial charge is 0.232 e. The van der Waals surface area contributed by atoms with Crippen LogP contribution in [-0.4, -0.2) is 37.1 Å². The Morgan fingerprint density at radius 2 is 1.97 bits per heavy atom. The van der Waals surface area contributed by atoms with Crippen molar-refractivity contribution in [1.82, 2.24) is 4.98 Å². The number of aromatic nitrogens is 1. The molecule has 1 atom stereocenters. The largest absolute Gasteiger partial charge is 0.504 e. The van der Waals surface area contributed by atoms with Gasteiger partial charge in [-0.15, -0.1) is 0 Å². The number of carbonyl (C=O) groups excluding carboxylic acids is 1. The maximum absolute atomic E-state index is 13.2. The van der Waals surface area contributed by atoms with Gasteiger partial charge in [0, 0.05) is 41.5 Å². The third-order valence-electron chi connectivity index (χ3n) is 5.27. The summed E-state index contributed by atoms with van der Waals surface area (Å²) in [6.07, 6.45) is 5.81. The van der Waals surface area contributed by atoms with E-state index in [0.717, 1.165) is 24.2 Å². The lowest BCUT2D eigenvalue weighted by atomic mass is 10.00. The van der Waals surface area contributed by atoms with Crippen LogP contribution in [0.5, 0.6) is 5.88 Å². The van der Waals surface area contributed by atoms with Gasteiger partial charge in [0.1, 0.15) is 16.9 Å². The highest BCUT2D eigenvalue weighted by molar-refractivity contribution is 6.31. The van der Waals surface area contributed by atoms with Crippen molar-refractivity contribution in [3.05, 3.63) is 94.6 Å². The third-order valence-corrected chi connectivity index (χ3v) is 5.56. The highest BCUT2D eigenvalue weighted by Gasteiger charge is 2.27. The SMILES string of the molecule is COC=Cc1cc(C(=O)c2ccc(F)cc2)ccc1N1CCC(Oc2ncccc2Cl)C1. The molecule has 2 aromatic carbocycles. The van der Waals surface area contributed by atoms with Crippen LogP contribution in [0.4, 0.5) is 10.1 Å². The van der Waals surface area contributed by atoms with Crippen molar-refractivity contribution in [3.8, 4) is 5.88 Å². The Kier molecular flexibility index (Phi) is 6.71. The lowest BCUT2D eigenvalue weighted by molar-refractivity contribution is 0.103. The zero-order valence-corrected chi connectivity index (χ0v) is 18.3. The predicted molar refractivity (Wildman–Crippen MR) is 123 cm³/mol. The summed E-state index contributed by atoms with van der Waals surface area (Å²) in [4.78, 5) is 19.3. The van der Waals surface area contributed by atoms with Gasteiger partial charge in [-0.3, -0.25) is 4.79 Å². The van der Waals surface area contributed by atoms with Crippen molar-refractivity contribution in [1.29, 1.82) is 0 Å². The summed E-state index contributed by atoms with van der Waals surface area (Å²) in [5, 5.41) is 0.485. The van der Waals surface area contributed by atoms with Gasteiger partial charge in [-0.1, -0.05) is 11.6 Å². The lowest BCUT2D eigenvalue weighted by Gasteiger charge is -2.22. The van der Waals surface area contributed by atoms with Crippen molar-refractivity contribution < 1.29 is 18.7 Å². The fourth-order valence-electron chi connectivity index (χ4n) is 3.69. The van der Waals surface area contributed by atoms with Crippen molar-refractivity contribution in [2.45, 2.75) is 12.5 Å². The third kappa shape index (κ3) is 4.92. The second-order valence-corrected chi connectivity index (χ2v) is 7.82. The predicted octanol–water partition coefficient (Wildman–Crippen LogP) is 5.38. The molecule has 164 valence electrons. The summed E-state index contributed by atoms with van der Waals surface area (Å²) >= 11 is 6.17. The van der Waals surface area contributed by atoms with Gasteiger partial charge in [-0.25, -0.2) is 9.37 Å². The number of rotatable bonds is 7. The molecule has 1 saturated heterocycles. The van der Waals surface area contributed by atoms with E-state index in [4.69, 9.17) is 21.1 Å². The first-order valence-electron chi connectivity index (χ1n) is 10.2. The lowest BCUT2D eigenvalue weighted by Crippen LogP contribution is -2.25. The number of pyridine rings is 1. The van der Waals surface area contributed by atoms with Crippen LogP contribution in [0.25, 0.3) is 6.08 Å². The van der Waals surface area contributed by atoms with Gasteiger partial charge in [0.2, 0.25) is 5.88 Å². The van der Waals surface area contributed by atoms with Crippen molar-refractivity contribution >= 4 is 29.1 Å². The standard InChI is InChI=1S/C25H22ClFN2O3/c1-31-14-11-18-15-19(24(30)17-4-7-20(27)8-5-17)6-9-23(18)29-13-10-21(16-29)32-25-22(26)3-2-12-28-25/h2-9,11-12,14-15,21H,10,13,16H2,1H3. The summed E-state index contributed by atoms with van der Waals surface area (Å²) < 4.78 is 24.3. The van der Waals surface area contributed by atoms with E-state index in [1.54, 1.807) is 37.8 Å². The molecule has 1 aromatic heterocycles. The summed E-state index contributed by atoms with van der Waals surface area (Å²) in [5.74, 6) is -0.116. The number of hydrogen-bond acceptors (Lipinski definition) is 5. The highest BCUT2D eigenvalue weighted by atomic mass is 35.5. The summed E-state index contributed by atoms with van der Waals surface area (Å²) in [5.41, 5.74) is 2.76. The Morgan fingerprint density at radius 3 is 2.72 bits per heavy atom. The van der Waals surface area contributed by atoms with Crippen LogP contribution >= 0.6 is 11.6 Å². The summed E-state index contributed by atoms with van der Waals surface area (Å²) in [7, 11) is 1.57. The average Bonchev–Trinajstić information content (AvgIpc) is 3.27. The molecule has 1 fully saturated rings. The van der Waals surface area contributed by atoms with E-state index in [-0.39, 0.29) is 17.7 Å². The molecule has 0 spiro atoms. The molecule has 4 rings (SSSR count). The second-order valence-electron chi connectivity index (χ2n) is 7.41. The molecule has 1 aliphatic rings. The van der Waals surface area contributed by atoms with E-state index in [9.17, 15) is 9.18 Å². The maximum Gasteiger partial charge on any atom is 0.232 e. The minimum Gasteiger partial charge on any atom is -0.504 e. The topological polar surface area (TPSA) is 51.7 Å². The molecule has 0 radical (unpaired) electrons. The van der Waals surface area contributed by atoms with Crippen molar-refractivity contribution in [3.63, 3.8) is 0 Å². The monoisotopic (exact) mass is 452 g/mol. The fraction of sp³-hybridized carbons (Fsp3) is 0.200. The Balaban J connectivity index is 1.55. The number of benzene rings is 2. The fourth-order valence-corrected chi connectivity index (χ4v) is 3.85. The maximum atomic E-state index is 13.2. The van der Waals surface area contributed by atoms with E-state index in [0.29, 0.717) is 28.6 Å². The molecular weight excluding hydrogens is 431 g/mol. The van der Waals surface area contributed by atoms with Gasteiger partial charge in [0.15, 0.2) is 5.78 Å². The van der Waals surface area contributed by atoms with Gasteiger partial charge in [-0.05, 0) is 60.7 Å². The minimum atomic E-state index is -0.376. The number of ketones is 1. The number of carbonyl (C=O) groups is 1. The molecule has 0 N–H and O–H groups in total. The van der Waals surface area contributed by atoms with Gasteiger partial charge in [-0.2, -0.15) is 0 Å². The molecular formula is C25H22ClFN2O3. The molecule has 5 nitrogen and oxygen atoms in total. The zero-order chi connectivity index (χ0) is 22.5. The number of ether oxygens (including phenoxy) is 2. The molecule has 1 aliphatic heterocycles. The van der Waals surface area contributed by atoms with Crippen molar-refractivity contribution in [2.75, 3.05) is 25.1 Å². The van der Waals surface area contributed by atoms with E-state index in [1.807, 2.05) is 18.2 Å². The molecule has 32 heavy (non-hydrogen) atoms. The molecule has 3 aromatic rings. The molecule has 0 bridgehead atoms. The van der Waals surface area contributed by atoms with E-state index in [2.05, 4.69) is 9.88 Å². The molecule has 1 unspecified atom stereocenters. The number of methoxy groups -OCH3 is 1. The molecule has 7 heteroatoms. The first kappa shape index (κ1) is 21.8. The normalized spacial score (nSPS) is 15.8. The van der Waals surface area contributed by atoms with Crippen molar-refractivity contribution in [2.24, 2.45) is 0 Å². The van der Waals surface area contributed by atoms with Crippen LogP contribution < -0.4 is 9.64 Å². The molecule has 0 amide bonds. The highest BCUT2D eigenvalue weighted by Crippen LogP contribution is 2.30. The molecule has 2 heterocycles. The van der Waals surface area contributed by atoms with Gasteiger partial charge in [0.05, 0.1) is 19.9 Å². The molecule has 0 saturated carbocycles. The quantitative estimate of drug-likeness (QED) is 0.356. The van der Waals surface area contributed by atoms with Crippen LogP contribution in [0, 0.1) is 5.82 Å². The van der Waals surface area contributed by atoms with Crippen LogP contribution in [0.3, 0.4) is 0 Å². The van der Waals surface area contributed by atoms with Crippen LogP contribution in [-0.2, 0) is 4.74 Å². The summed E-state index contributed by atoms with van der Waals surface area (Å²) in [6, 6.07) is 14.6. The first-order chi connectivity index (χ1) is 15.5. The van der Waals surface area contributed by atoms with Gasteiger partial charge in [0.25, 0.3) is 0 Å². The van der Waals surface area contributed by atoms with E-state index < -0.39 is 0 Å². The van der Waals surface area contributed by atoms with E-state index in [1.165, 1.54) is 24.3 Å². The van der Waals surface area contributed by atoms with E-state index >= 15 is 0 Å². The molecule has 0 aliphatic carbocycles. The number of anilines is 1. The Morgan fingerprint density at radius 1 is 1.19 bits per heavy atom. The number of halogens is 2. The minimum absolute atomic E-state index is 0.0535. The van der Waals surface area contributed by atoms with Crippen LogP contribution in [0.1, 0.15) is 27.9 Å². The van der Waals surface area contributed by atoms with Gasteiger partial charge >= 0.3 is 0 Å². The van der Waals surface area contributed by atoms with Gasteiger partial charge < -0.3 is 14.4 Å². The first-order valence-corrected chi connectivity index (χ1v) is 10.6. The van der Waals surface area contributed by atoms with Crippen LogP contribution in [0.2, 0.25) is 5.02 Å². The Hall–Kier alpha value is -3.38. The average molecular weight is 453 g/mol. The Labute approximate surface area is 191 Å². The zero-order valence-electron chi connectivity index (χ0n) is 17.5. The Bertz CT molecular complexity index is 1130. The number of hydrogen-bond donors (Lipinski definition) is 0. The summed E-state index contributed by atoms with van der Waals surface area (Å²) in [6.45, 7) is 1.44.